The Labute approximate surface area is 153 Å². The second-order valence-electron chi connectivity index (χ2n) is 6.15. The summed E-state index contributed by atoms with van der Waals surface area (Å²) < 4.78 is 32.8. The minimum atomic E-state index is -3.64. The highest BCUT2D eigenvalue weighted by molar-refractivity contribution is 7.92. The first-order valence-electron chi connectivity index (χ1n) is 8.58. The third-order valence-electron chi connectivity index (χ3n) is 4.32. The molecule has 6 nitrogen and oxygen atoms in total. The van der Waals surface area contributed by atoms with Crippen molar-refractivity contribution in [3.05, 3.63) is 60.2 Å². The fraction of sp³-hybridized carbons (Fsp3) is 0.316. The molecule has 1 aliphatic rings. The molecule has 1 aliphatic heterocycles. The summed E-state index contributed by atoms with van der Waals surface area (Å²) in [4.78, 5) is 14.6. The average Bonchev–Trinajstić information content (AvgIpc) is 2.68. The molecule has 1 atom stereocenters. The summed E-state index contributed by atoms with van der Waals surface area (Å²) in [6.07, 6.45) is 0.939. The van der Waals surface area contributed by atoms with Crippen molar-refractivity contribution in [3.8, 4) is 0 Å². The van der Waals surface area contributed by atoms with Crippen LogP contribution in [0.25, 0.3) is 0 Å². The van der Waals surface area contributed by atoms with Gasteiger partial charge in [0.25, 0.3) is 15.9 Å². The molecule has 1 amide bonds. The summed E-state index contributed by atoms with van der Waals surface area (Å²) in [6.45, 7) is 3.72. The number of hydrogen-bond donors (Lipinski definition) is 1. The van der Waals surface area contributed by atoms with Crippen LogP contribution in [0.1, 0.15) is 23.7 Å². The van der Waals surface area contributed by atoms with Crippen molar-refractivity contribution in [3.63, 3.8) is 0 Å². The number of anilines is 1. The maximum atomic E-state index is 12.6. The summed E-state index contributed by atoms with van der Waals surface area (Å²) in [5.74, 6) is -0.0655. The van der Waals surface area contributed by atoms with Crippen LogP contribution in [0.5, 0.6) is 0 Å². The van der Waals surface area contributed by atoms with Gasteiger partial charge in [0.1, 0.15) is 0 Å². The van der Waals surface area contributed by atoms with Crippen molar-refractivity contribution < 1.29 is 17.9 Å². The number of amides is 1. The van der Waals surface area contributed by atoms with Crippen LogP contribution in [0, 0.1) is 0 Å². The smallest absolute Gasteiger partial charge is 0.261 e. The Hall–Kier alpha value is -2.38. The third kappa shape index (κ3) is 4.23. The van der Waals surface area contributed by atoms with Crippen molar-refractivity contribution in [1.82, 2.24) is 4.90 Å². The van der Waals surface area contributed by atoms with E-state index in [1.807, 2.05) is 6.92 Å². The Balaban J connectivity index is 1.69. The van der Waals surface area contributed by atoms with Crippen molar-refractivity contribution >= 4 is 21.6 Å². The van der Waals surface area contributed by atoms with Crippen LogP contribution in [0.4, 0.5) is 5.69 Å². The first kappa shape index (κ1) is 18.4. The lowest BCUT2D eigenvalue weighted by molar-refractivity contribution is -0.0226. The van der Waals surface area contributed by atoms with Crippen LogP contribution in [0.3, 0.4) is 0 Å². The number of hydrogen-bond acceptors (Lipinski definition) is 4. The van der Waals surface area contributed by atoms with Gasteiger partial charge in [-0.2, -0.15) is 0 Å². The summed E-state index contributed by atoms with van der Waals surface area (Å²) in [6, 6.07) is 14.6. The van der Waals surface area contributed by atoms with Crippen molar-refractivity contribution in [2.75, 3.05) is 24.4 Å². The molecule has 0 aromatic heterocycles. The standard InChI is InChI=1S/C19H22N2O4S/c1-2-17-14-21(12-13-25-17)19(22)15-8-10-16(11-9-15)20-26(23,24)18-6-4-3-5-7-18/h3-11,17,20H,2,12-14H2,1H3. The molecule has 1 fully saturated rings. The Bertz CT molecular complexity index is 851. The number of benzene rings is 2. The minimum Gasteiger partial charge on any atom is -0.375 e. The molecular weight excluding hydrogens is 352 g/mol. The monoisotopic (exact) mass is 374 g/mol. The van der Waals surface area contributed by atoms with E-state index in [9.17, 15) is 13.2 Å². The summed E-state index contributed by atoms with van der Waals surface area (Å²) in [7, 11) is -3.64. The minimum absolute atomic E-state index is 0.0655. The fourth-order valence-electron chi connectivity index (χ4n) is 2.83. The number of sulfonamides is 1. The number of ether oxygens (including phenoxy) is 1. The molecule has 1 N–H and O–H groups in total. The Kier molecular flexibility index (Phi) is 5.58. The van der Waals surface area contributed by atoms with Crippen molar-refractivity contribution in [1.29, 1.82) is 0 Å². The third-order valence-corrected chi connectivity index (χ3v) is 5.72. The largest absolute Gasteiger partial charge is 0.375 e. The van der Waals surface area contributed by atoms with Gasteiger partial charge in [-0.05, 0) is 42.8 Å². The van der Waals surface area contributed by atoms with Gasteiger partial charge >= 0.3 is 0 Å². The Morgan fingerprint density at radius 2 is 1.85 bits per heavy atom. The zero-order valence-electron chi connectivity index (χ0n) is 14.6. The topological polar surface area (TPSA) is 75.7 Å². The molecule has 1 heterocycles. The van der Waals surface area contributed by atoms with E-state index in [2.05, 4.69) is 4.72 Å². The lowest BCUT2D eigenvalue weighted by atomic mass is 10.1. The molecule has 3 rings (SSSR count). The van der Waals surface area contributed by atoms with E-state index < -0.39 is 10.0 Å². The van der Waals surface area contributed by atoms with Gasteiger partial charge in [0, 0.05) is 24.3 Å². The number of morpholine rings is 1. The molecule has 2 aromatic carbocycles. The summed E-state index contributed by atoms with van der Waals surface area (Å²) in [5.41, 5.74) is 0.947. The van der Waals surface area contributed by atoms with Gasteiger partial charge in [0.2, 0.25) is 0 Å². The molecule has 0 aliphatic carbocycles. The van der Waals surface area contributed by atoms with Gasteiger partial charge in [-0.3, -0.25) is 9.52 Å². The molecule has 0 radical (unpaired) electrons. The molecular formula is C19H22N2O4S. The van der Waals surface area contributed by atoms with E-state index in [0.717, 1.165) is 6.42 Å². The molecule has 7 heteroatoms. The molecule has 1 saturated heterocycles. The van der Waals surface area contributed by atoms with Crippen LogP contribution in [-0.2, 0) is 14.8 Å². The van der Waals surface area contributed by atoms with Crippen LogP contribution in [0.15, 0.2) is 59.5 Å². The van der Waals surface area contributed by atoms with Gasteiger partial charge in [0.15, 0.2) is 0 Å². The molecule has 2 aromatic rings. The highest BCUT2D eigenvalue weighted by Gasteiger charge is 2.24. The van der Waals surface area contributed by atoms with E-state index in [-0.39, 0.29) is 16.9 Å². The van der Waals surface area contributed by atoms with Gasteiger partial charge in [-0.15, -0.1) is 0 Å². The first-order chi connectivity index (χ1) is 12.5. The second-order valence-corrected chi connectivity index (χ2v) is 7.83. The van der Waals surface area contributed by atoms with Gasteiger partial charge in [-0.1, -0.05) is 25.1 Å². The lowest BCUT2D eigenvalue weighted by Crippen LogP contribution is -2.45. The molecule has 0 spiro atoms. The number of carbonyl (C=O) groups excluding carboxylic acids is 1. The maximum Gasteiger partial charge on any atom is 0.261 e. The van der Waals surface area contributed by atoms with Gasteiger partial charge in [0.05, 0.1) is 17.6 Å². The maximum absolute atomic E-state index is 12.6. The van der Waals surface area contributed by atoms with Crippen LogP contribution < -0.4 is 4.72 Å². The predicted molar refractivity (Wildman–Crippen MR) is 99.6 cm³/mol. The first-order valence-corrected chi connectivity index (χ1v) is 10.1. The van der Waals surface area contributed by atoms with Crippen LogP contribution in [0.2, 0.25) is 0 Å². The zero-order valence-corrected chi connectivity index (χ0v) is 15.4. The quantitative estimate of drug-likeness (QED) is 0.873. The lowest BCUT2D eigenvalue weighted by Gasteiger charge is -2.32. The number of rotatable bonds is 5. The SMILES string of the molecule is CCC1CN(C(=O)c2ccc(NS(=O)(=O)c3ccccc3)cc2)CCO1. The summed E-state index contributed by atoms with van der Waals surface area (Å²) >= 11 is 0. The van der Waals surface area contributed by atoms with Gasteiger partial charge < -0.3 is 9.64 Å². The van der Waals surface area contributed by atoms with Gasteiger partial charge in [-0.25, -0.2) is 8.42 Å². The highest BCUT2D eigenvalue weighted by Crippen LogP contribution is 2.18. The van der Waals surface area contributed by atoms with E-state index >= 15 is 0 Å². The predicted octanol–water partition coefficient (Wildman–Crippen LogP) is 2.74. The number of carbonyl (C=O) groups is 1. The fourth-order valence-corrected chi connectivity index (χ4v) is 3.91. The van der Waals surface area contributed by atoms with Crippen LogP contribution >= 0.6 is 0 Å². The molecule has 0 saturated carbocycles. The Morgan fingerprint density at radius 1 is 1.15 bits per heavy atom. The molecule has 1 unspecified atom stereocenters. The second kappa shape index (κ2) is 7.88. The van der Waals surface area contributed by atoms with E-state index in [1.165, 1.54) is 12.1 Å². The zero-order chi connectivity index (χ0) is 18.6. The van der Waals surface area contributed by atoms with Crippen LogP contribution in [-0.4, -0.2) is 45.0 Å². The molecule has 26 heavy (non-hydrogen) atoms. The molecule has 0 bridgehead atoms. The van der Waals surface area contributed by atoms with E-state index in [4.69, 9.17) is 4.74 Å². The Morgan fingerprint density at radius 3 is 2.50 bits per heavy atom. The number of nitrogens with zero attached hydrogens (tertiary/aromatic N) is 1. The highest BCUT2D eigenvalue weighted by atomic mass is 32.2. The normalized spacial score (nSPS) is 17.7. The van der Waals surface area contributed by atoms with E-state index in [1.54, 1.807) is 47.4 Å². The molecule has 138 valence electrons. The van der Waals surface area contributed by atoms with Crippen molar-refractivity contribution in [2.24, 2.45) is 0 Å². The summed E-state index contributed by atoms with van der Waals surface area (Å²) in [5, 5.41) is 0. The number of nitrogens with one attached hydrogen (secondary N) is 1. The average molecular weight is 374 g/mol. The van der Waals surface area contributed by atoms with Crippen molar-refractivity contribution in [2.45, 2.75) is 24.3 Å². The van der Waals surface area contributed by atoms with E-state index in [0.29, 0.717) is 30.9 Å².